The zero-order valence-electron chi connectivity index (χ0n) is 12.8. The van der Waals surface area contributed by atoms with Gasteiger partial charge in [-0.25, -0.2) is 0 Å². The van der Waals surface area contributed by atoms with Crippen LogP contribution in [0.4, 0.5) is 11.4 Å². The Balaban J connectivity index is 1.66. The number of nitrogens with one attached hydrogen (secondary N) is 2. The summed E-state index contributed by atoms with van der Waals surface area (Å²) in [6.07, 6.45) is 3.33. The SMILES string of the molecule is CCOc1ccc(N2C[C@@H](C(=O)Nc3cn[nH]c3)CC2=O)cc1. The Labute approximate surface area is 133 Å². The molecule has 0 aliphatic carbocycles. The van der Waals surface area contributed by atoms with Crippen LogP contribution in [0.5, 0.6) is 5.75 Å². The summed E-state index contributed by atoms with van der Waals surface area (Å²) in [7, 11) is 0. The predicted molar refractivity (Wildman–Crippen MR) is 85.3 cm³/mol. The lowest BCUT2D eigenvalue weighted by Crippen LogP contribution is -2.28. The van der Waals surface area contributed by atoms with Gasteiger partial charge in [-0.3, -0.25) is 14.7 Å². The summed E-state index contributed by atoms with van der Waals surface area (Å²) in [4.78, 5) is 26.1. The number of carbonyl (C=O) groups excluding carboxylic acids is 2. The van der Waals surface area contributed by atoms with Crippen LogP contribution in [0.2, 0.25) is 0 Å². The molecule has 23 heavy (non-hydrogen) atoms. The lowest BCUT2D eigenvalue weighted by Gasteiger charge is -2.17. The highest BCUT2D eigenvalue weighted by atomic mass is 16.5. The van der Waals surface area contributed by atoms with Gasteiger partial charge in [0.05, 0.1) is 24.4 Å². The average Bonchev–Trinajstić information content (AvgIpc) is 3.18. The molecule has 0 bridgehead atoms. The summed E-state index contributed by atoms with van der Waals surface area (Å²) < 4.78 is 5.39. The molecule has 7 nitrogen and oxygen atoms in total. The Kier molecular flexibility index (Phi) is 4.27. The van der Waals surface area contributed by atoms with Crippen LogP contribution in [0.3, 0.4) is 0 Å². The van der Waals surface area contributed by atoms with Crippen molar-refractivity contribution in [2.75, 3.05) is 23.4 Å². The fourth-order valence-corrected chi connectivity index (χ4v) is 2.59. The third-order valence-electron chi connectivity index (χ3n) is 3.72. The van der Waals surface area contributed by atoms with Crippen LogP contribution < -0.4 is 15.0 Å². The molecule has 1 saturated heterocycles. The highest BCUT2D eigenvalue weighted by Gasteiger charge is 2.35. The number of rotatable bonds is 5. The largest absolute Gasteiger partial charge is 0.494 e. The molecular formula is C16H18N4O3. The van der Waals surface area contributed by atoms with Crippen LogP contribution in [-0.2, 0) is 9.59 Å². The Hall–Kier alpha value is -2.83. The van der Waals surface area contributed by atoms with Crippen LogP contribution in [0.1, 0.15) is 13.3 Å². The van der Waals surface area contributed by atoms with Crippen molar-refractivity contribution in [3.05, 3.63) is 36.7 Å². The van der Waals surface area contributed by atoms with E-state index in [1.54, 1.807) is 11.1 Å². The second-order valence-corrected chi connectivity index (χ2v) is 5.31. The lowest BCUT2D eigenvalue weighted by atomic mass is 10.1. The highest BCUT2D eigenvalue weighted by molar-refractivity contribution is 6.03. The number of amides is 2. The Bertz CT molecular complexity index is 682. The van der Waals surface area contributed by atoms with Gasteiger partial charge in [0.25, 0.3) is 0 Å². The molecule has 1 aromatic carbocycles. The van der Waals surface area contributed by atoms with E-state index in [-0.39, 0.29) is 24.2 Å². The van der Waals surface area contributed by atoms with Crippen molar-refractivity contribution in [2.24, 2.45) is 5.92 Å². The first-order valence-corrected chi connectivity index (χ1v) is 7.50. The zero-order chi connectivity index (χ0) is 16.2. The number of benzene rings is 1. The number of anilines is 2. The average molecular weight is 314 g/mol. The molecule has 0 radical (unpaired) electrons. The quantitative estimate of drug-likeness (QED) is 0.881. The van der Waals surface area contributed by atoms with E-state index in [4.69, 9.17) is 4.74 Å². The fourth-order valence-electron chi connectivity index (χ4n) is 2.59. The molecule has 0 spiro atoms. The maximum atomic E-state index is 12.2. The van der Waals surface area contributed by atoms with Crippen LogP contribution in [0.25, 0.3) is 0 Å². The van der Waals surface area contributed by atoms with Crippen LogP contribution in [-0.4, -0.2) is 35.2 Å². The molecule has 2 N–H and O–H groups in total. The second kappa shape index (κ2) is 6.51. The number of hydrogen-bond donors (Lipinski definition) is 2. The molecule has 0 saturated carbocycles. The molecule has 2 heterocycles. The van der Waals surface area contributed by atoms with Gasteiger partial charge in [-0.2, -0.15) is 5.10 Å². The van der Waals surface area contributed by atoms with Gasteiger partial charge in [0.15, 0.2) is 0 Å². The van der Waals surface area contributed by atoms with E-state index in [1.807, 2.05) is 31.2 Å². The van der Waals surface area contributed by atoms with Crippen LogP contribution in [0.15, 0.2) is 36.7 Å². The van der Waals surface area contributed by atoms with E-state index < -0.39 is 0 Å². The summed E-state index contributed by atoms with van der Waals surface area (Å²) in [5.74, 6) is 0.163. The van der Waals surface area contributed by atoms with Gasteiger partial charge in [0.2, 0.25) is 11.8 Å². The minimum atomic E-state index is -0.371. The van der Waals surface area contributed by atoms with Crippen molar-refractivity contribution >= 4 is 23.2 Å². The van der Waals surface area contributed by atoms with E-state index in [1.165, 1.54) is 6.20 Å². The molecule has 1 aromatic heterocycles. The molecule has 1 atom stereocenters. The number of aromatic nitrogens is 2. The number of H-pyrrole nitrogens is 1. The third kappa shape index (κ3) is 3.33. The molecule has 0 unspecified atom stereocenters. The molecule has 1 aliphatic heterocycles. The van der Waals surface area contributed by atoms with E-state index in [9.17, 15) is 9.59 Å². The summed E-state index contributed by atoms with van der Waals surface area (Å²) in [6.45, 7) is 2.88. The summed E-state index contributed by atoms with van der Waals surface area (Å²) in [6, 6.07) is 7.31. The maximum absolute atomic E-state index is 12.2. The monoisotopic (exact) mass is 314 g/mol. The summed E-state index contributed by atoms with van der Waals surface area (Å²) in [5.41, 5.74) is 1.37. The maximum Gasteiger partial charge on any atom is 0.229 e. The van der Waals surface area contributed by atoms with E-state index in [0.29, 0.717) is 18.8 Å². The zero-order valence-corrected chi connectivity index (χ0v) is 12.8. The Morgan fingerprint density at radius 1 is 1.43 bits per heavy atom. The first-order chi connectivity index (χ1) is 11.2. The van der Waals surface area contributed by atoms with Crippen molar-refractivity contribution < 1.29 is 14.3 Å². The van der Waals surface area contributed by atoms with Crippen LogP contribution in [0, 0.1) is 5.92 Å². The number of carbonyl (C=O) groups is 2. The van der Waals surface area contributed by atoms with Crippen molar-refractivity contribution in [1.82, 2.24) is 10.2 Å². The minimum Gasteiger partial charge on any atom is -0.494 e. The van der Waals surface area contributed by atoms with Crippen molar-refractivity contribution in [1.29, 1.82) is 0 Å². The van der Waals surface area contributed by atoms with Gasteiger partial charge in [-0.1, -0.05) is 0 Å². The first kappa shape index (κ1) is 15.1. The van der Waals surface area contributed by atoms with E-state index in [0.717, 1.165) is 11.4 Å². The van der Waals surface area contributed by atoms with Crippen molar-refractivity contribution in [3.63, 3.8) is 0 Å². The number of nitrogens with zero attached hydrogens (tertiary/aromatic N) is 2. The van der Waals surface area contributed by atoms with Gasteiger partial charge in [-0.05, 0) is 31.2 Å². The molecular weight excluding hydrogens is 296 g/mol. The normalized spacial score (nSPS) is 17.3. The van der Waals surface area contributed by atoms with E-state index in [2.05, 4.69) is 15.5 Å². The number of hydrogen-bond acceptors (Lipinski definition) is 4. The van der Waals surface area contributed by atoms with E-state index >= 15 is 0 Å². The van der Waals surface area contributed by atoms with Crippen LogP contribution >= 0.6 is 0 Å². The molecule has 7 heteroatoms. The summed E-state index contributed by atoms with van der Waals surface area (Å²) >= 11 is 0. The predicted octanol–water partition coefficient (Wildman–Crippen LogP) is 1.80. The van der Waals surface area contributed by atoms with Crippen molar-refractivity contribution in [2.45, 2.75) is 13.3 Å². The van der Waals surface area contributed by atoms with Gasteiger partial charge in [-0.15, -0.1) is 0 Å². The number of aromatic amines is 1. The Morgan fingerprint density at radius 2 is 2.22 bits per heavy atom. The smallest absolute Gasteiger partial charge is 0.229 e. The lowest BCUT2D eigenvalue weighted by molar-refractivity contribution is -0.122. The highest BCUT2D eigenvalue weighted by Crippen LogP contribution is 2.27. The molecule has 2 aromatic rings. The van der Waals surface area contributed by atoms with Crippen molar-refractivity contribution in [3.8, 4) is 5.75 Å². The van der Waals surface area contributed by atoms with Gasteiger partial charge in [0.1, 0.15) is 5.75 Å². The summed E-state index contributed by atoms with van der Waals surface area (Å²) in [5, 5.41) is 9.16. The molecule has 120 valence electrons. The van der Waals surface area contributed by atoms with Gasteiger partial charge < -0.3 is 15.0 Å². The molecule has 3 rings (SSSR count). The standard InChI is InChI=1S/C16H18N4O3/c1-2-23-14-5-3-13(4-6-14)20-10-11(7-15(20)21)16(22)19-12-8-17-18-9-12/h3-6,8-9,11H,2,7,10H2,1H3,(H,17,18)(H,19,22)/t11-/m0/s1. The first-order valence-electron chi connectivity index (χ1n) is 7.50. The van der Waals surface area contributed by atoms with Gasteiger partial charge in [0, 0.05) is 24.8 Å². The third-order valence-corrected chi connectivity index (χ3v) is 3.72. The molecule has 1 aliphatic rings. The minimum absolute atomic E-state index is 0.0542. The van der Waals surface area contributed by atoms with Gasteiger partial charge >= 0.3 is 0 Å². The fraction of sp³-hybridized carbons (Fsp3) is 0.312. The molecule has 2 amide bonds. The molecule has 1 fully saturated rings. The number of ether oxygens (including phenoxy) is 1. The second-order valence-electron chi connectivity index (χ2n) is 5.31. The Morgan fingerprint density at radius 3 is 2.87 bits per heavy atom. The topological polar surface area (TPSA) is 87.3 Å².